The van der Waals surface area contributed by atoms with Gasteiger partial charge in [-0.2, -0.15) is 5.10 Å². The number of benzene rings is 1. The highest BCUT2D eigenvalue weighted by Crippen LogP contribution is 2.27. The Kier molecular flexibility index (Phi) is 7.76. The number of aromatic nitrogens is 4. The van der Waals surface area contributed by atoms with Crippen molar-refractivity contribution in [2.45, 2.75) is 32.2 Å². The van der Waals surface area contributed by atoms with Crippen LogP contribution in [0.1, 0.15) is 17.4 Å². The summed E-state index contributed by atoms with van der Waals surface area (Å²) < 4.78 is 46.0. The summed E-state index contributed by atoms with van der Waals surface area (Å²) in [7, 11) is 0. The van der Waals surface area contributed by atoms with Crippen LogP contribution in [0.25, 0.3) is 11.1 Å². The van der Waals surface area contributed by atoms with Gasteiger partial charge in [-0.1, -0.05) is 6.07 Å². The molecule has 2 aromatic heterocycles. The molecule has 1 aliphatic rings. The Morgan fingerprint density at radius 1 is 1.12 bits per heavy atom. The topological polar surface area (TPSA) is 88.3 Å². The maximum absolute atomic E-state index is 13.6. The molecule has 1 fully saturated rings. The van der Waals surface area contributed by atoms with E-state index in [0.29, 0.717) is 32.0 Å². The number of aryl methyl sites for hydroxylation is 1. The standard InChI is InChI=1S/C23H27F3N6O2/c1-15-8-16(10-18(9-15)29-23-27-3-2-20(30-23)21(24)22(25)26)17-11-28-32(12-17)14-19(33)13-31-4-6-34-7-5-31/h2-3,8-12,19,21-22,33H,4-7,13-14H2,1H3,(H,27,29,30). The van der Waals surface area contributed by atoms with Crippen molar-refractivity contribution >= 4 is 11.6 Å². The van der Waals surface area contributed by atoms with Crippen LogP contribution >= 0.6 is 0 Å². The van der Waals surface area contributed by atoms with Crippen LogP contribution in [-0.4, -0.2) is 75.1 Å². The van der Waals surface area contributed by atoms with E-state index < -0.39 is 18.7 Å². The van der Waals surface area contributed by atoms with Crippen LogP contribution in [0.5, 0.6) is 0 Å². The Balaban J connectivity index is 1.44. The average Bonchev–Trinajstić information content (AvgIpc) is 3.27. The van der Waals surface area contributed by atoms with Gasteiger partial charge in [-0.3, -0.25) is 9.58 Å². The number of anilines is 2. The van der Waals surface area contributed by atoms with Crippen LogP contribution in [0, 0.1) is 6.92 Å². The molecule has 0 amide bonds. The molecule has 4 rings (SSSR count). The van der Waals surface area contributed by atoms with Gasteiger partial charge >= 0.3 is 0 Å². The number of hydrogen-bond donors (Lipinski definition) is 2. The van der Waals surface area contributed by atoms with Gasteiger partial charge in [0.05, 0.1) is 37.8 Å². The van der Waals surface area contributed by atoms with Crippen LogP contribution < -0.4 is 5.32 Å². The lowest BCUT2D eigenvalue weighted by Gasteiger charge is -2.28. The summed E-state index contributed by atoms with van der Waals surface area (Å²) in [5, 5.41) is 17.8. The number of aliphatic hydroxyl groups is 1. The normalized spacial score (nSPS) is 16.5. The van der Waals surface area contributed by atoms with E-state index in [2.05, 4.69) is 25.3 Å². The number of aliphatic hydroxyl groups excluding tert-OH is 1. The lowest BCUT2D eigenvalue weighted by atomic mass is 10.1. The third-order valence-corrected chi connectivity index (χ3v) is 5.45. The van der Waals surface area contributed by atoms with Crippen molar-refractivity contribution in [2.24, 2.45) is 0 Å². The van der Waals surface area contributed by atoms with Crippen molar-refractivity contribution in [1.29, 1.82) is 0 Å². The summed E-state index contributed by atoms with van der Waals surface area (Å²) in [6, 6.07) is 6.79. The third-order valence-electron chi connectivity index (χ3n) is 5.45. The first kappa shape index (κ1) is 24.1. The first-order valence-electron chi connectivity index (χ1n) is 11.0. The molecule has 3 heterocycles. The molecule has 1 saturated heterocycles. The predicted octanol–water partition coefficient (Wildman–Crippen LogP) is 3.36. The lowest BCUT2D eigenvalue weighted by Crippen LogP contribution is -2.42. The minimum Gasteiger partial charge on any atom is -0.390 e. The molecule has 2 unspecified atom stereocenters. The number of β-amino-alcohol motifs (C(OH)–C–C–N with tert-alkyl or cyclic N) is 1. The van der Waals surface area contributed by atoms with E-state index in [1.165, 1.54) is 6.20 Å². The molecular weight excluding hydrogens is 449 g/mol. The molecule has 1 aromatic carbocycles. The molecule has 3 aromatic rings. The molecule has 0 spiro atoms. The zero-order valence-electron chi connectivity index (χ0n) is 18.7. The van der Waals surface area contributed by atoms with E-state index in [1.807, 2.05) is 31.3 Å². The van der Waals surface area contributed by atoms with E-state index in [9.17, 15) is 18.3 Å². The summed E-state index contributed by atoms with van der Waals surface area (Å²) in [5.74, 6) is 0.0271. The molecule has 2 N–H and O–H groups in total. The van der Waals surface area contributed by atoms with Crippen LogP contribution in [0.3, 0.4) is 0 Å². The fourth-order valence-electron chi connectivity index (χ4n) is 3.83. The van der Waals surface area contributed by atoms with Gasteiger partial charge < -0.3 is 15.2 Å². The number of nitrogens with zero attached hydrogens (tertiary/aromatic N) is 5. The van der Waals surface area contributed by atoms with Gasteiger partial charge in [0.25, 0.3) is 6.43 Å². The summed E-state index contributed by atoms with van der Waals surface area (Å²) in [4.78, 5) is 10.0. The Morgan fingerprint density at radius 3 is 2.68 bits per heavy atom. The molecule has 0 saturated carbocycles. The van der Waals surface area contributed by atoms with Gasteiger partial charge in [0.2, 0.25) is 12.1 Å². The highest BCUT2D eigenvalue weighted by atomic mass is 19.3. The molecule has 34 heavy (non-hydrogen) atoms. The number of alkyl halides is 3. The third kappa shape index (κ3) is 6.31. The van der Waals surface area contributed by atoms with Crippen LogP contribution in [0.15, 0.2) is 42.9 Å². The Morgan fingerprint density at radius 2 is 1.91 bits per heavy atom. The Hall–Kier alpha value is -3.02. The largest absolute Gasteiger partial charge is 0.390 e. The van der Waals surface area contributed by atoms with Gasteiger partial charge in [-0.15, -0.1) is 0 Å². The fraction of sp³-hybridized carbons (Fsp3) is 0.435. The number of nitrogens with one attached hydrogen (secondary N) is 1. The summed E-state index contributed by atoms with van der Waals surface area (Å²) in [6.45, 7) is 5.81. The molecule has 1 aliphatic heterocycles. The molecule has 2 atom stereocenters. The van der Waals surface area contributed by atoms with E-state index in [1.54, 1.807) is 10.9 Å². The quantitative estimate of drug-likeness (QED) is 0.490. The number of halogens is 3. The maximum Gasteiger partial charge on any atom is 0.275 e. The zero-order valence-corrected chi connectivity index (χ0v) is 18.7. The number of morpholine rings is 1. The van der Waals surface area contributed by atoms with Crippen molar-refractivity contribution in [1.82, 2.24) is 24.6 Å². The van der Waals surface area contributed by atoms with Gasteiger partial charge in [0.1, 0.15) is 0 Å². The molecule has 0 bridgehead atoms. The summed E-state index contributed by atoms with van der Waals surface area (Å²) in [6.07, 6.45) is -1.37. The van der Waals surface area contributed by atoms with E-state index >= 15 is 0 Å². The van der Waals surface area contributed by atoms with Gasteiger partial charge in [-0.05, 0) is 36.2 Å². The lowest BCUT2D eigenvalue weighted by molar-refractivity contribution is 0.0108. The molecule has 0 radical (unpaired) electrons. The summed E-state index contributed by atoms with van der Waals surface area (Å²) in [5.41, 5.74) is 2.90. The first-order chi connectivity index (χ1) is 16.4. The second-order valence-corrected chi connectivity index (χ2v) is 8.27. The van der Waals surface area contributed by atoms with Crippen molar-refractivity contribution < 1.29 is 23.0 Å². The van der Waals surface area contributed by atoms with Crippen LogP contribution in [0.4, 0.5) is 24.8 Å². The SMILES string of the molecule is Cc1cc(Nc2nccc(C(F)C(F)F)n2)cc(-c2cnn(CC(O)CN3CCOCC3)c2)c1. The zero-order chi connectivity index (χ0) is 24.1. The fourth-order valence-corrected chi connectivity index (χ4v) is 3.83. The molecule has 11 heteroatoms. The number of ether oxygens (including phenoxy) is 1. The van der Waals surface area contributed by atoms with Gasteiger partial charge in [-0.25, -0.2) is 23.1 Å². The highest BCUT2D eigenvalue weighted by molar-refractivity contribution is 5.70. The van der Waals surface area contributed by atoms with Crippen molar-refractivity contribution in [3.63, 3.8) is 0 Å². The monoisotopic (exact) mass is 476 g/mol. The highest BCUT2D eigenvalue weighted by Gasteiger charge is 2.23. The van der Waals surface area contributed by atoms with Crippen molar-refractivity contribution in [2.75, 3.05) is 38.2 Å². The molecule has 0 aliphatic carbocycles. The Labute approximate surface area is 195 Å². The van der Waals surface area contributed by atoms with Crippen molar-refractivity contribution in [3.8, 4) is 11.1 Å². The second kappa shape index (κ2) is 10.9. The molecular formula is C23H27F3N6O2. The minimum absolute atomic E-state index is 0.0271. The predicted molar refractivity (Wildman–Crippen MR) is 121 cm³/mol. The maximum atomic E-state index is 13.6. The van der Waals surface area contributed by atoms with E-state index in [-0.39, 0.29) is 11.6 Å². The first-order valence-corrected chi connectivity index (χ1v) is 11.0. The van der Waals surface area contributed by atoms with Gasteiger partial charge in [0.15, 0.2) is 0 Å². The van der Waals surface area contributed by atoms with E-state index in [0.717, 1.165) is 35.8 Å². The number of hydrogen-bond acceptors (Lipinski definition) is 7. The average molecular weight is 477 g/mol. The summed E-state index contributed by atoms with van der Waals surface area (Å²) >= 11 is 0. The van der Waals surface area contributed by atoms with Crippen LogP contribution in [0.2, 0.25) is 0 Å². The second-order valence-electron chi connectivity index (χ2n) is 8.27. The Bertz CT molecular complexity index is 1090. The molecule has 182 valence electrons. The van der Waals surface area contributed by atoms with Gasteiger partial charge in [0, 0.05) is 43.3 Å². The molecule has 8 nitrogen and oxygen atoms in total. The van der Waals surface area contributed by atoms with Crippen LogP contribution in [-0.2, 0) is 11.3 Å². The number of rotatable bonds is 9. The van der Waals surface area contributed by atoms with E-state index in [4.69, 9.17) is 4.74 Å². The minimum atomic E-state index is -3.16. The smallest absolute Gasteiger partial charge is 0.275 e. The van der Waals surface area contributed by atoms with Crippen molar-refractivity contribution in [3.05, 3.63) is 54.1 Å².